The zero-order valence-corrected chi connectivity index (χ0v) is 21.1. The number of benzene rings is 1. The topological polar surface area (TPSA) is 75.4 Å². The monoisotopic (exact) mass is 488 g/mol. The molecule has 0 aliphatic carbocycles. The van der Waals surface area contributed by atoms with Crippen molar-refractivity contribution in [3.63, 3.8) is 0 Å². The number of nitrogens with one attached hydrogen (secondary N) is 1. The summed E-state index contributed by atoms with van der Waals surface area (Å²) in [4.78, 5) is 30.7. The molecule has 0 spiro atoms. The van der Waals surface area contributed by atoms with Crippen LogP contribution >= 0.6 is 0 Å². The first kappa shape index (κ1) is 24.3. The summed E-state index contributed by atoms with van der Waals surface area (Å²) in [6, 6.07) is 14.3. The summed E-state index contributed by atoms with van der Waals surface area (Å²) in [7, 11) is 0. The molecule has 2 aromatic heterocycles. The molecule has 3 aromatic rings. The van der Waals surface area contributed by atoms with E-state index in [-0.39, 0.29) is 17.7 Å². The van der Waals surface area contributed by atoms with Crippen molar-refractivity contribution in [1.29, 1.82) is 0 Å². The van der Waals surface area contributed by atoms with E-state index in [2.05, 4.69) is 22.2 Å². The van der Waals surface area contributed by atoms with E-state index in [0.29, 0.717) is 44.1 Å². The molecular formula is C28H36N6O2. The number of piperidine rings is 2. The highest BCUT2D eigenvalue weighted by atomic mass is 16.2. The maximum atomic E-state index is 13.6. The fourth-order valence-electron chi connectivity index (χ4n) is 5.45. The number of amides is 2. The molecule has 8 heteroatoms. The maximum absolute atomic E-state index is 13.6. The van der Waals surface area contributed by atoms with Gasteiger partial charge in [0.2, 0.25) is 5.91 Å². The van der Waals surface area contributed by atoms with Crippen LogP contribution in [0.4, 0.5) is 0 Å². The van der Waals surface area contributed by atoms with E-state index in [0.717, 1.165) is 24.6 Å². The molecule has 190 valence electrons. The van der Waals surface area contributed by atoms with Crippen LogP contribution < -0.4 is 5.32 Å². The van der Waals surface area contributed by atoms with Crippen LogP contribution in [0.1, 0.15) is 49.4 Å². The minimum atomic E-state index is -0.0428. The number of para-hydroxylation sites is 1. The van der Waals surface area contributed by atoms with Crippen molar-refractivity contribution in [2.24, 2.45) is 5.92 Å². The van der Waals surface area contributed by atoms with Gasteiger partial charge in [-0.05, 0) is 63.4 Å². The molecule has 0 unspecified atom stereocenters. The van der Waals surface area contributed by atoms with Gasteiger partial charge < -0.3 is 14.8 Å². The van der Waals surface area contributed by atoms with Gasteiger partial charge in [-0.1, -0.05) is 24.6 Å². The summed E-state index contributed by atoms with van der Waals surface area (Å²) in [6.07, 6.45) is 10.7. The summed E-state index contributed by atoms with van der Waals surface area (Å²) < 4.78 is 3.73. The van der Waals surface area contributed by atoms with Crippen molar-refractivity contribution in [2.45, 2.75) is 45.1 Å². The molecule has 8 nitrogen and oxygen atoms in total. The van der Waals surface area contributed by atoms with Crippen LogP contribution in [0.2, 0.25) is 0 Å². The van der Waals surface area contributed by atoms with E-state index in [9.17, 15) is 9.59 Å². The number of carbonyl (C=O) groups excluding carboxylic acids is 2. The van der Waals surface area contributed by atoms with Gasteiger partial charge in [-0.2, -0.15) is 5.10 Å². The third-order valence-corrected chi connectivity index (χ3v) is 7.62. The number of likely N-dealkylation sites (tertiary alicyclic amines) is 2. The van der Waals surface area contributed by atoms with Gasteiger partial charge in [0.05, 0.1) is 11.9 Å². The predicted octanol–water partition coefficient (Wildman–Crippen LogP) is 3.51. The molecule has 2 saturated heterocycles. The quantitative estimate of drug-likeness (QED) is 0.552. The Labute approximate surface area is 212 Å². The van der Waals surface area contributed by atoms with E-state index >= 15 is 0 Å². The molecule has 5 rings (SSSR count). The van der Waals surface area contributed by atoms with Gasteiger partial charge in [0.1, 0.15) is 5.56 Å². The van der Waals surface area contributed by atoms with Crippen molar-refractivity contribution in [3.05, 3.63) is 66.6 Å². The number of rotatable bonds is 7. The van der Waals surface area contributed by atoms with E-state index in [1.165, 1.54) is 19.3 Å². The highest BCUT2D eigenvalue weighted by molar-refractivity contribution is 5.97. The molecule has 2 aliphatic heterocycles. The van der Waals surface area contributed by atoms with Crippen LogP contribution in [0.25, 0.3) is 11.5 Å². The van der Waals surface area contributed by atoms with Gasteiger partial charge in [-0.25, -0.2) is 4.68 Å². The van der Waals surface area contributed by atoms with E-state index < -0.39 is 0 Å². The average molecular weight is 489 g/mol. The Morgan fingerprint density at radius 3 is 2.44 bits per heavy atom. The highest BCUT2D eigenvalue weighted by Crippen LogP contribution is 2.24. The van der Waals surface area contributed by atoms with Crippen molar-refractivity contribution in [3.8, 4) is 11.5 Å². The lowest BCUT2D eigenvalue weighted by atomic mass is 9.95. The highest BCUT2D eigenvalue weighted by Gasteiger charge is 2.30. The second-order valence-electron chi connectivity index (χ2n) is 9.96. The number of hydrogen-bond acceptors (Lipinski definition) is 4. The molecule has 2 fully saturated rings. The Balaban J connectivity index is 1.20. The third-order valence-electron chi connectivity index (χ3n) is 7.62. The Kier molecular flexibility index (Phi) is 7.51. The normalized spacial score (nSPS) is 19.4. The fraction of sp³-hybridized carbons (Fsp3) is 0.464. The second-order valence-corrected chi connectivity index (χ2v) is 9.96. The third kappa shape index (κ3) is 5.23. The van der Waals surface area contributed by atoms with Crippen molar-refractivity contribution in [2.75, 3.05) is 32.7 Å². The van der Waals surface area contributed by atoms with E-state index in [4.69, 9.17) is 0 Å². The van der Waals surface area contributed by atoms with Crippen LogP contribution in [0, 0.1) is 5.92 Å². The van der Waals surface area contributed by atoms with Gasteiger partial charge >= 0.3 is 0 Å². The lowest BCUT2D eigenvalue weighted by Gasteiger charge is -2.34. The molecule has 0 radical (unpaired) electrons. The first-order valence-electron chi connectivity index (χ1n) is 13.2. The van der Waals surface area contributed by atoms with Crippen molar-refractivity contribution < 1.29 is 9.59 Å². The summed E-state index contributed by atoms with van der Waals surface area (Å²) in [6.45, 7) is 6.16. The smallest absolute Gasteiger partial charge is 0.259 e. The van der Waals surface area contributed by atoms with Crippen molar-refractivity contribution in [1.82, 2.24) is 29.5 Å². The molecule has 2 amide bonds. The molecule has 2 aliphatic rings. The lowest BCUT2D eigenvalue weighted by Crippen LogP contribution is -2.46. The predicted molar refractivity (Wildman–Crippen MR) is 139 cm³/mol. The van der Waals surface area contributed by atoms with Crippen LogP contribution in [0.5, 0.6) is 0 Å². The number of aromatic nitrogens is 3. The Hall–Kier alpha value is -3.39. The summed E-state index contributed by atoms with van der Waals surface area (Å²) in [5, 5.41) is 7.70. The summed E-state index contributed by atoms with van der Waals surface area (Å²) in [5.74, 6) is 0.766. The molecule has 4 heterocycles. The fourth-order valence-corrected chi connectivity index (χ4v) is 5.45. The largest absolute Gasteiger partial charge is 0.355 e. The molecule has 0 saturated carbocycles. The molecule has 1 atom stereocenters. The Morgan fingerprint density at radius 2 is 1.72 bits per heavy atom. The average Bonchev–Trinajstić information content (AvgIpc) is 3.60. The Morgan fingerprint density at radius 1 is 0.972 bits per heavy atom. The molecular weight excluding hydrogens is 452 g/mol. The second kappa shape index (κ2) is 11.1. The minimum absolute atomic E-state index is 0.0382. The van der Waals surface area contributed by atoms with Gasteiger partial charge in [0.25, 0.3) is 5.91 Å². The zero-order chi connectivity index (χ0) is 24.9. The van der Waals surface area contributed by atoms with Gasteiger partial charge in [-0.15, -0.1) is 0 Å². The number of hydrogen-bond donors (Lipinski definition) is 1. The summed E-state index contributed by atoms with van der Waals surface area (Å²) >= 11 is 0. The maximum Gasteiger partial charge on any atom is 0.259 e. The number of carbonyl (C=O) groups is 2. The molecule has 36 heavy (non-hydrogen) atoms. The molecule has 1 aromatic carbocycles. The van der Waals surface area contributed by atoms with Crippen LogP contribution in [0.3, 0.4) is 0 Å². The van der Waals surface area contributed by atoms with Crippen LogP contribution in [0.15, 0.2) is 61.1 Å². The molecule has 1 N–H and O–H groups in total. The van der Waals surface area contributed by atoms with Gasteiger partial charge in [0, 0.05) is 50.5 Å². The Bertz CT molecular complexity index is 1150. The van der Waals surface area contributed by atoms with Gasteiger partial charge in [-0.3, -0.25) is 14.5 Å². The standard InChI is InChI=1S/C28H36N6O2/c1-22-9-5-6-15-31(22)20-14-29-26(35)23-12-18-33(19-13-23)28(36)25-21-30-34(24-10-3-2-4-11-24)27(25)32-16-7-8-17-32/h2-4,7-8,10-11,16-17,21-23H,5-6,9,12-15,18-20H2,1H3,(H,29,35)/t22-/m0/s1. The van der Waals surface area contributed by atoms with E-state index in [1.807, 2.05) is 64.3 Å². The van der Waals surface area contributed by atoms with Crippen LogP contribution in [-0.4, -0.2) is 74.7 Å². The lowest BCUT2D eigenvalue weighted by molar-refractivity contribution is -0.126. The number of nitrogens with zero attached hydrogens (tertiary/aromatic N) is 5. The zero-order valence-electron chi connectivity index (χ0n) is 21.1. The molecule has 0 bridgehead atoms. The van der Waals surface area contributed by atoms with Gasteiger partial charge in [0.15, 0.2) is 5.82 Å². The van der Waals surface area contributed by atoms with E-state index in [1.54, 1.807) is 10.9 Å². The van der Waals surface area contributed by atoms with Crippen LogP contribution in [-0.2, 0) is 4.79 Å². The van der Waals surface area contributed by atoms with Crippen molar-refractivity contribution >= 4 is 11.8 Å². The SMILES string of the molecule is C[C@H]1CCCCN1CCNC(=O)C1CCN(C(=O)c2cnn(-c3ccccc3)c2-n2cccc2)CC1. The minimum Gasteiger partial charge on any atom is -0.355 e. The first-order valence-corrected chi connectivity index (χ1v) is 13.2. The first-order chi connectivity index (χ1) is 17.6. The summed E-state index contributed by atoms with van der Waals surface area (Å²) in [5.41, 5.74) is 1.46.